The molecule has 0 bridgehead atoms. The first kappa shape index (κ1) is 25.8. The molecule has 0 amide bonds. The fourth-order valence-electron chi connectivity index (χ4n) is 4.31. The molecule has 0 aliphatic carbocycles. The second-order valence-corrected chi connectivity index (χ2v) is 8.04. The molecule has 0 spiro atoms. The maximum atomic E-state index is 9.81. The molecular formula is C26H38O6. The lowest BCUT2D eigenvalue weighted by molar-refractivity contribution is 0.203. The fourth-order valence-corrected chi connectivity index (χ4v) is 4.31. The van der Waals surface area contributed by atoms with E-state index in [1.54, 1.807) is 28.4 Å². The molecule has 0 heterocycles. The van der Waals surface area contributed by atoms with Crippen molar-refractivity contribution >= 4 is 0 Å². The van der Waals surface area contributed by atoms with Crippen LogP contribution in [0.4, 0.5) is 0 Å². The van der Waals surface area contributed by atoms with E-state index >= 15 is 0 Å². The third-order valence-electron chi connectivity index (χ3n) is 6.04. The molecule has 0 unspecified atom stereocenters. The SMILES string of the molecule is COc1ccc(C[C@H](CCO)[C@@H](CCCCO)Cc2ccc(OC)c(OC)c2)cc1OC. The van der Waals surface area contributed by atoms with Crippen LogP contribution in [-0.4, -0.2) is 51.9 Å². The summed E-state index contributed by atoms with van der Waals surface area (Å²) >= 11 is 0. The van der Waals surface area contributed by atoms with Gasteiger partial charge in [-0.25, -0.2) is 0 Å². The highest BCUT2D eigenvalue weighted by Gasteiger charge is 2.23. The number of benzene rings is 2. The number of unbranched alkanes of at least 4 members (excludes halogenated alkanes) is 1. The molecule has 32 heavy (non-hydrogen) atoms. The first-order chi connectivity index (χ1) is 15.6. The number of ether oxygens (including phenoxy) is 4. The second kappa shape index (κ2) is 13.9. The molecule has 2 aromatic carbocycles. The minimum Gasteiger partial charge on any atom is -0.493 e. The molecule has 0 aliphatic heterocycles. The van der Waals surface area contributed by atoms with Crippen LogP contribution in [0.15, 0.2) is 36.4 Å². The van der Waals surface area contributed by atoms with Gasteiger partial charge in [0.15, 0.2) is 23.0 Å². The summed E-state index contributed by atoms with van der Waals surface area (Å²) in [6, 6.07) is 12.1. The quantitative estimate of drug-likeness (QED) is 0.398. The van der Waals surface area contributed by atoms with Crippen molar-refractivity contribution in [2.75, 3.05) is 41.7 Å². The van der Waals surface area contributed by atoms with Crippen LogP contribution in [0.5, 0.6) is 23.0 Å². The van der Waals surface area contributed by atoms with E-state index in [9.17, 15) is 10.2 Å². The third kappa shape index (κ3) is 7.31. The average Bonchev–Trinajstić information content (AvgIpc) is 2.83. The van der Waals surface area contributed by atoms with Crippen LogP contribution in [0.25, 0.3) is 0 Å². The molecule has 2 atom stereocenters. The van der Waals surface area contributed by atoms with E-state index in [1.165, 1.54) is 5.56 Å². The van der Waals surface area contributed by atoms with Gasteiger partial charge in [-0.2, -0.15) is 0 Å². The van der Waals surface area contributed by atoms with Crippen LogP contribution in [0, 0.1) is 11.8 Å². The van der Waals surface area contributed by atoms with Crippen molar-refractivity contribution < 1.29 is 29.2 Å². The lowest BCUT2D eigenvalue weighted by atomic mass is 9.78. The zero-order valence-corrected chi connectivity index (χ0v) is 19.8. The first-order valence-electron chi connectivity index (χ1n) is 11.2. The molecule has 2 aromatic rings. The summed E-state index contributed by atoms with van der Waals surface area (Å²) in [5.74, 6) is 3.48. The van der Waals surface area contributed by atoms with Crippen LogP contribution in [0.2, 0.25) is 0 Å². The average molecular weight is 447 g/mol. The van der Waals surface area contributed by atoms with E-state index in [0.717, 1.165) is 43.4 Å². The molecule has 178 valence electrons. The van der Waals surface area contributed by atoms with Crippen molar-refractivity contribution in [3.63, 3.8) is 0 Å². The number of aliphatic hydroxyl groups excluding tert-OH is 2. The number of rotatable bonds is 15. The Kier molecular flexibility index (Phi) is 11.2. The van der Waals surface area contributed by atoms with E-state index < -0.39 is 0 Å². The van der Waals surface area contributed by atoms with E-state index in [4.69, 9.17) is 18.9 Å². The Morgan fingerprint density at radius 2 is 1.06 bits per heavy atom. The lowest BCUT2D eigenvalue weighted by Gasteiger charge is -2.28. The number of hydrogen-bond acceptors (Lipinski definition) is 6. The molecule has 2 N–H and O–H groups in total. The number of methoxy groups -OCH3 is 4. The highest BCUT2D eigenvalue weighted by atomic mass is 16.5. The molecule has 0 aliphatic rings. The van der Waals surface area contributed by atoms with E-state index in [0.29, 0.717) is 29.6 Å². The van der Waals surface area contributed by atoms with Crippen molar-refractivity contribution in [1.82, 2.24) is 0 Å². The minimum absolute atomic E-state index is 0.139. The van der Waals surface area contributed by atoms with Crippen LogP contribution in [-0.2, 0) is 12.8 Å². The summed E-state index contributed by atoms with van der Waals surface area (Å²) in [6.07, 6.45) is 5.12. The van der Waals surface area contributed by atoms with Gasteiger partial charge in [-0.1, -0.05) is 18.6 Å². The van der Waals surface area contributed by atoms with Crippen LogP contribution in [0.3, 0.4) is 0 Å². The Hall–Kier alpha value is -2.44. The normalized spacial score (nSPS) is 12.8. The molecule has 2 rings (SSSR count). The maximum Gasteiger partial charge on any atom is 0.160 e. The highest BCUT2D eigenvalue weighted by Crippen LogP contribution is 2.34. The Morgan fingerprint density at radius 1 is 0.594 bits per heavy atom. The van der Waals surface area contributed by atoms with Crippen LogP contribution >= 0.6 is 0 Å². The monoisotopic (exact) mass is 446 g/mol. The van der Waals surface area contributed by atoms with Crippen molar-refractivity contribution in [2.24, 2.45) is 11.8 Å². The van der Waals surface area contributed by atoms with Crippen molar-refractivity contribution in [1.29, 1.82) is 0 Å². The predicted octanol–water partition coefficient (Wildman–Crippen LogP) is 4.28. The fraction of sp³-hybridized carbons (Fsp3) is 0.538. The molecule has 0 saturated heterocycles. The Morgan fingerprint density at radius 3 is 1.47 bits per heavy atom. The zero-order valence-electron chi connectivity index (χ0n) is 19.8. The summed E-state index contributed by atoms with van der Waals surface area (Å²) in [5, 5.41) is 19.1. The number of hydrogen-bond donors (Lipinski definition) is 2. The predicted molar refractivity (Wildman–Crippen MR) is 126 cm³/mol. The van der Waals surface area contributed by atoms with Crippen LogP contribution < -0.4 is 18.9 Å². The van der Waals surface area contributed by atoms with Gasteiger partial charge in [0.1, 0.15) is 0 Å². The molecule has 6 nitrogen and oxygen atoms in total. The lowest BCUT2D eigenvalue weighted by Crippen LogP contribution is -2.21. The van der Waals surface area contributed by atoms with Crippen LogP contribution in [0.1, 0.15) is 36.8 Å². The van der Waals surface area contributed by atoms with Gasteiger partial charge in [0.2, 0.25) is 0 Å². The van der Waals surface area contributed by atoms with Crippen molar-refractivity contribution in [3.05, 3.63) is 47.5 Å². The Balaban J connectivity index is 2.27. The minimum atomic E-state index is 0.139. The van der Waals surface area contributed by atoms with Gasteiger partial charge < -0.3 is 29.2 Å². The molecule has 0 saturated carbocycles. The Labute approximate surface area is 192 Å². The largest absolute Gasteiger partial charge is 0.493 e. The molecular weight excluding hydrogens is 408 g/mol. The van der Waals surface area contributed by atoms with Gasteiger partial charge in [-0.05, 0) is 79.3 Å². The van der Waals surface area contributed by atoms with Gasteiger partial charge >= 0.3 is 0 Å². The van der Waals surface area contributed by atoms with Gasteiger partial charge in [0.05, 0.1) is 28.4 Å². The van der Waals surface area contributed by atoms with E-state index in [-0.39, 0.29) is 19.1 Å². The summed E-state index contributed by atoms with van der Waals surface area (Å²) in [5.41, 5.74) is 2.33. The highest BCUT2D eigenvalue weighted by molar-refractivity contribution is 5.44. The molecule has 0 radical (unpaired) electrons. The second-order valence-electron chi connectivity index (χ2n) is 8.04. The Bertz CT molecular complexity index is 807. The summed E-state index contributed by atoms with van der Waals surface area (Å²) < 4.78 is 21.7. The maximum absolute atomic E-state index is 9.81. The number of aliphatic hydroxyl groups is 2. The molecule has 0 aromatic heterocycles. The van der Waals surface area contributed by atoms with Crippen molar-refractivity contribution in [2.45, 2.75) is 38.5 Å². The topological polar surface area (TPSA) is 77.4 Å². The summed E-state index contributed by atoms with van der Waals surface area (Å²) in [7, 11) is 6.55. The van der Waals surface area contributed by atoms with E-state index in [2.05, 4.69) is 12.1 Å². The van der Waals surface area contributed by atoms with Gasteiger partial charge in [-0.15, -0.1) is 0 Å². The summed E-state index contributed by atoms with van der Waals surface area (Å²) in [4.78, 5) is 0. The van der Waals surface area contributed by atoms with Crippen molar-refractivity contribution in [3.8, 4) is 23.0 Å². The van der Waals surface area contributed by atoms with Gasteiger partial charge in [0, 0.05) is 13.2 Å². The van der Waals surface area contributed by atoms with Gasteiger partial charge in [0.25, 0.3) is 0 Å². The smallest absolute Gasteiger partial charge is 0.160 e. The molecule has 6 heteroatoms. The summed E-state index contributed by atoms with van der Waals surface area (Å²) in [6.45, 7) is 0.337. The standard InChI is InChI=1S/C26H38O6/c1-29-23-10-8-19(17-25(23)31-3)15-21(7-5-6-13-27)22(12-14-28)16-20-9-11-24(30-2)26(18-20)32-4/h8-11,17-18,21-22,27-28H,5-7,12-16H2,1-4H3/t21-,22-/m0/s1. The van der Waals surface area contributed by atoms with Gasteiger partial charge in [-0.3, -0.25) is 0 Å². The first-order valence-corrected chi connectivity index (χ1v) is 11.2. The zero-order chi connectivity index (χ0) is 23.3. The third-order valence-corrected chi connectivity index (χ3v) is 6.04. The van der Waals surface area contributed by atoms with E-state index in [1.807, 2.05) is 24.3 Å². The molecule has 0 fully saturated rings.